The fourth-order valence-electron chi connectivity index (χ4n) is 4.89. The topological polar surface area (TPSA) is 87.9 Å². The molecule has 0 radical (unpaired) electrons. The molecule has 0 aromatic heterocycles. The van der Waals surface area contributed by atoms with Crippen molar-refractivity contribution in [1.82, 2.24) is 15.1 Å². The van der Waals surface area contributed by atoms with Crippen LogP contribution in [0.15, 0.2) is 24.3 Å². The molecule has 2 saturated heterocycles. The minimum Gasteiger partial charge on any atom is -0.377 e. The summed E-state index contributed by atoms with van der Waals surface area (Å²) in [5.41, 5.74) is 6.61. The van der Waals surface area contributed by atoms with Gasteiger partial charge in [-0.15, -0.1) is 0 Å². The van der Waals surface area contributed by atoms with Crippen molar-refractivity contribution in [3.8, 4) is 0 Å². The third kappa shape index (κ3) is 5.85. The molecule has 7 nitrogen and oxygen atoms in total. The van der Waals surface area contributed by atoms with Crippen LogP contribution in [0.5, 0.6) is 0 Å². The molecule has 0 spiro atoms. The number of likely N-dealkylation sites (tertiary alicyclic amines) is 1. The van der Waals surface area contributed by atoms with Crippen LogP contribution in [0, 0.1) is 11.7 Å². The first-order valence-electron chi connectivity index (χ1n) is 11.9. The standard InChI is InChI=1S/C24H35FN4O3/c25-19-7-3-17(4-8-19)15-28(16-21-2-1-13-32-21)20-9-12-29(24(31)18-5-6-18)22(14-20)23(30)27-11-10-26/h3-4,7-8,18,20-22H,1-2,5-6,9-16,26H2,(H,27,30)/t20?,21?,22-/m1/s1. The number of hydrogen-bond acceptors (Lipinski definition) is 5. The maximum absolute atomic E-state index is 13.4. The van der Waals surface area contributed by atoms with Crippen LogP contribution >= 0.6 is 0 Å². The van der Waals surface area contributed by atoms with Gasteiger partial charge in [-0.05, 0) is 56.2 Å². The number of hydrogen-bond donors (Lipinski definition) is 2. The van der Waals surface area contributed by atoms with E-state index in [0.29, 0.717) is 32.6 Å². The van der Waals surface area contributed by atoms with Crippen molar-refractivity contribution in [2.75, 3.05) is 32.8 Å². The van der Waals surface area contributed by atoms with Crippen LogP contribution in [-0.4, -0.2) is 72.6 Å². The Morgan fingerprint density at radius 1 is 1.19 bits per heavy atom. The molecule has 1 aromatic carbocycles. The molecule has 1 aliphatic carbocycles. The zero-order chi connectivity index (χ0) is 22.5. The van der Waals surface area contributed by atoms with E-state index < -0.39 is 6.04 Å². The normalized spacial score (nSPS) is 25.8. The second kappa shape index (κ2) is 10.7. The van der Waals surface area contributed by atoms with Crippen molar-refractivity contribution in [2.45, 2.75) is 63.3 Å². The molecule has 0 bridgehead atoms. The summed E-state index contributed by atoms with van der Waals surface area (Å²) in [6.07, 6.45) is 5.51. The average molecular weight is 447 g/mol. The monoisotopic (exact) mass is 446 g/mol. The SMILES string of the molecule is NCCNC(=O)[C@H]1CC(N(Cc2ccc(F)cc2)CC2CCCO2)CCN1C(=O)C1CC1. The van der Waals surface area contributed by atoms with E-state index in [9.17, 15) is 14.0 Å². The maximum atomic E-state index is 13.4. The Labute approximate surface area is 189 Å². The highest BCUT2D eigenvalue weighted by molar-refractivity contribution is 5.89. The molecule has 4 rings (SSSR count). The van der Waals surface area contributed by atoms with Gasteiger partial charge in [0.2, 0.25) is 11.8 Å². The van der Waals surface area contributed by atoms with E-state index >= 15 is 0 Å². The highest BCUT2D eigenvalue weighted by Gasteiger charge is 2.43. The number of nitrogens with one attached hydrogen (secondary N) is 1. The van der Waals surface area contributed by atoms with Gasteiger partial charge in [-0.25, -0.2) is 4.39 Å². The number of nitrogens with two attached hydrogens (primary N) is 1. The second-order valence-electron chi connectivity index (χ2n) is 9.27. The molecule has 2 amide bonds. The van der Waals surface area contributed by atoms with Gasteiger partial charge in [-0.2, -0.15) is 0 Å². The number of amides is 2. The Bertz CT molecular complexity index is 780. The molecule has 2 aliphatic heterocycles. The number of carbonyl (C=O) groups excluding carboxylic acids is 2. The van der Waals surface area contributed by atoms with Crippen molar-refractivity contribution < 1.29 is 18.7 Å². The van der Waals surface area contributed by atoms with E-state index in [1.165, 1.54) is 12.1 Å². The Hall–Kier alpha value is -2.03. The number of benzene rings is 1. The lowest BCUT2D eigenvalue weighted by molar-refractivity contribution is -0.145. The van der Waals surface area contributed by atoms with Crippen LogP contribution in [0.2, 0.25) is 0 Å². The first-order valence-corrected chi connectivity index (χ1v) is 11.9. The predicted octanol–water partition coefficient (Wildman–Crippen LogP) is 1.65. The number of ether oxygens (including phenoxy) is 1. The van der Waals surface area contributed by atoms with Crippen LogP contribution < -0.4 is 11.1 Å². The minimum atomic E-state index is -0.478. The predicted molar refractivity (Wildman–Crippen MR) is 119 cm³/mol. The first kappa shape index (κ1) is 23.1. The molecule has 3 N–H and O–H groups in total. The van der Waals surface area contributed by atoms with Gasteiger partial charge >= 0.3 is 0 Å². The zero-order valence-corrected chi connectivity index (χ0v) is 18.7. The second-order valence-corrected chi connectivity index (χ2v) is 9.27. The van der Waals surface area contributed by atoms with Crippen LogP contribution in [0.4, 0.5) is 4.39 Å². The maximum Gasteiger partial charge on any atom is 0.242 e. The molecule has 3 fully saturated rings. The molecule has 8 heteroatoms. The Kier molecular flexibility index (Phi) is 7.75. The van der Waals surface area contributed by atoms with E-state index in [1.54, 1.807) is 4.90 Å². The van der Waals surface area contributed by atoms with Crippen LogP contribution in [0.3, 0.4) is 0 Å². The Morgan fingerprint density at radius 2 is 1.97 bits per heavy atom. The van der Waals surface area contributed by atoms with Gasteiger partial charge in [0.15, 0.2) is 0 Å². The number of rotatable bonds is 9. The van der Waals surface area contributed by atoms with Gasteiger partial charge in [-0.3, -0.25) is 14.5 Å². The lowest BCUT2D eigenvalue weighted by atomic mass is 9.93. The minimum absolute atomic E-state index is 0.0820. The average Bonchev–Trinajstić information content (AvgIpc) is 3.54. The summed E-state index contributed by atoms with van der Waals surface area (Å²) < 4.78 is 19.3. The summed E-state index contributed by atoms with van der Waals surface area (Å²) in [6, 6.07) is 6.26. The van der Waals surface area contributed by atoms with Crippen molar-refractivity contribution in [2.24, 2.45) is 11.7 Å². The summed E-state index contributed by atoms with van der Waals surface area (Å²) in [5, 5.41) is 2.89. The summed E-state index contributed by atoms with van der Waals surface area (Å²) >= 11 is 0. The highest BCUT2D eigenvalue weighted by atomic mass is 19.1. The number of carbonyl (C=O) groups is 2. The molecule has 3 atom stereocenters. The van der Waals surface area contributed by atoms with Gasteiger partial charge in [0, 0.05) is 51.3 Å². The molecular weight excluding hydrogens is 411 g/mol. The molecule has 3 aliphatic rings. The van der Waals surface area contributed by atoms with E-state index in [2.05, 4.69) is 10.2 Å². The number of nitrogens with zero attached hydrogens (tertiary/aromatic N) is 2. The molecule has 2 unspecified atom stereocenters. The number of piperidine rings is 1. The molecule has 176 valence electrons. The third-order valence-corrected chi connectivity index (χ3v) is 6.81. The first-order chi connectivity index (χ1) is 15.5. The van der Waals surface area contributed by atoms with E-state index in [0.717, 1.165) is 50.8 Å². The van der Waals surface area contributed by atoms with Gasteiger partial charge in [0.1, 0.15) is 11.9 Å². The Morgan fingerprint density at radius 3 is 2.62 bits per heavy atom. The summed E-state index contributed by atoms with van der Waals surface area (Å²) in [6.45, 7) is 3.57. The quantitative estimate of drug-likeness (QED) is 0.602. The third-order valence-electron chi connectivity index (χ3n) is 6.81. The van der Waals surface area contributed by atoms with E-state index in [4.69, 9.17) is 10.5 Å². The van der Waals surface area contributed by atoms with Crippen LogP contribution in [-0.2, 0) is 20.9 Å². The molecule has 1 aromatic rings. The summed E-state index contributed by atoms with van der Waals surface area (Å²) in [7, 11) is 0. The Balaban J connectivity index is 1.50. The van der Waals surface area contributed by atoms with Gasteiger partial charge in [-0.1, -0.05) is 12.1 Å². The van der Waals surface area contributed by atoms with Crippen molar-refractivity contribution in [1.29, 1.82) is 0 Å². The molecular formula is C24H35FN4O3. The van der Waals surface area contributed by atoms with Crippen LogP contribution in [0.1, 0.15) is 44.1 Å². The fourth-order valence-corrected chi connectivity index (χ4v) is 4.89. The van der Waals surface area contributed by atoms with Gasteiger partial charge in [0.25, 0.3) is 0 Å². The van der Waals surface area contributed by atoms with Gasteiger partial charge < -0.3 is 20.7 Å². The summed E-state index contributed by atoms with van der Waals surface area (Å²) in [4.78, 5) is 30.0. The lowest BCUT2D eigenvalue weighted by Gasteiger charge is -2.43. The molecule has 32 heavy (non-hydrogen) atoms. The smallest absolute Gasteiger partial charge is 0.242 e. The molecule has 2 heterocycles. The van der Waals surface area contributed by atoms with Crippen molar-refractivity contribution in [3.05, 3.63) is 35.6 Å². The summed E-state index contributed by atoms with van der Waals surface area (Å²) in [5.74, 6) is -0.171. The zero-order valence-electron chi connectivity index (χ0n) is 18.7. The van der Waals surface area contributed by atoms with Crippen LogP contribution in [0.25, 0.3) is 0 Å². The largest absolute Gasteiger partial charge is 0.377 e. The number of halogens is 1. The highest BCUT2D eigenvalue weighted by Crippen LogP contribution is 2.34. The van der Waals surface area contributed by atoms with Crippen molar-refractivity contribution in [3.63, 3.8) is 0 Å². The van der Waals surface area contributed by atoms with E-state index in [-0.39, 0.29) is 35.7 Å². The fraction of sp³-hybridized carbons (Fsp3) is 0.667. The molecule has 1 saturated carbocycles. The van der Waals surface area contributed by atoms with Crippen molar-refractivity contribution >= 4 is 11.8 Å². The van der Waals surface area contributed by atoms with E-state index in [1.807, 2.05) is 12.1 Å². The lowest BCUT2D eigenvalue weighted by Crippen LogP contribution is -2.58. The van der Waals surface area contributed by atoms with Gasteiger partial charge in [0.05, 0.1) is 6.10 Å².